The van der Waals surface area contributed by atoms with Crippen molar-refractivity contribution in [3.05, 3.63) is 0 Å². The van der Waals surface area contributed by atoms with E-state index in [-0.39, 0.29) is 12.8 Å². The highest BCUT2D eigenvalue weighted by molar-refractivity contribution is 5.79. The predicted octanol–water partition coefficient (Wildman–Crippen LogP) is -0.446. The Morgan fingerprint density at radius 3 is 2.14 bits per heavy atom. The van der Waals surface area contributed by atoms with Crippen molar-refractivity contribution in [3.8, 4) is 0 Å². The number of esters is 1. The highest BCUT2D eigenvalue weighted by Gasteiger charge is 2.62. The normalized spacial score (nSPS) is 48.6. The number of rotatable bonds is 3. The van der Waals surface area contributed by atoms with E-state index in [0.717, 1.165) is 0 Å². The number of hydrogen-bond donors (Lipinski definition) is 2. The van der Waals surface area contributed by atoms with E-state index in [2.05, 4.69) is 4.74 Å². The largest absolute Gasteiger partial charge is 0.467 e. The Bertz CT molecular complexity index is 443. The van der Waals surface area contributed by atoms with Crippen LogP contribution in [0.25, 0.3) is 0 Å². The molecule has 2 rings (SSSR count). The second-order valence-corrected chi connectivity index (χ2v) is 6.04. The lowest BCUT2D eigenvalue weighted by atomic mass is 9.78. The molecule has 0 spiro atoms. The Kier molecular flexibility index (Phi) is 4.55. The summed E-state index contributed by atoms with van der Waals surface area (Å²) in [4.78, 5) is 11.8. The second kappa shape index (κ2) is 5.70. The Balaban J connectivity index is 2.30. The third-order valence-corrected chi connectivity index (χ3v) is 4.74. The van der Waals surface area contributed by atoms with Gasteiger partial charge in [-0.15, -0.1) is 0 Å². The summed E-state index contributed by atoms with van der Waals surface area (Å²) in [5.41, 5.74) is -1.83. The van der Waals surface area contributed by atoms with Crippen LogP contribution in [-0.4, -0.2) is 73.0 Å². The Morgan fingerprint density at radius 2 is 1.64 bits per heavy atom. The van der Waals surface area contributed by atoms with Crippen LogP contribution >= 0.6 is 0 Å². The topological polar surface area (TPSA) is 104 Å². The van der Waals surface area contributed by atoms with Gasteiger partial charge >= 0.3 is 5.97 Å². The van der Waals surface area contributed by atoms with Gasteiger partial charge < -0.3 is 33.9 Å². The SMILES string of the molecule is COC(=O)[C@]1(O)C[C@H](O)[C@H]2O[C@](C)(OC)[C@@](C)(OC)O[C@@H]2C1. The molecule has 0 aromatic carbocycles. The number of carbonyl (C=O) groups excluding carboxylic acids is 1. The number of aliphatic hydroxyl groups is 2. The molecule has 0 amide bonds. The number of carbonyl (C=O) groups is 1. The van der Waals surface area contributed by atoms with Crippen LogP contribution in [0.1, 0.15) is 26.7 Å². The lowest BCUT2D eigenvalue weighted by Crippen LogP contribution is -2.70. The van der Waals surface area contributed by atoms with Crippen molar-refractivity contribution in [3.63, 3.8) is 0 Å². The van der Waals surface area contributed by atoms with Gasteiger partial charge in [0.1, 0.15) is 6.10 Å². The summed E-state index contributed by atoms with van der Waals surface area (Å²) >= 11 is 0. The first-order chi connectivity index (χ1) is 10.1. The van der Waals surface area contributed by atoms with E-state index in [0.29, 0.717) is 0 Å². The third-order valence-electron chi connectivity index (χ3n) is 4.74. The zero-order chi connectivity index (χ0) is 16.8. The Hall–Kier alpha value is -0.770. The van der Waals surface area contributed by atoms with Crippen molar-refractivity contribution in [2.45, 2.75) is 62.2 Å². The van der Waals surface area contributed by atoms with E-state index in [1.165, 1.54) is 21.3 Å². The fourth-order valence-electron chi connectivity index (χ4n) is 3.09. The first-order valence-corrected chi connectivity index (χ1v) is 7.09. The number of aliphatic hydroxyl groups excluding tert-OH is 1. The zero-order valence-corrected chi connectivity index (χ0v) is 13.5. The van der Waals surface area contributed by atoms with E-state index in [9.17, 15) is 15.0 Å². The van der Waals surface area contributed by atoms with E-state index in [1.54, 1.807) is 13.8 Å². The maximum Gasteiger partial charge on any atom is 0.338 e. The minimum absolute atomic E-state index is 0.0693. The molecule has 2 aliphatic rings. The Morgan fingerprint density at radius 1 is 1.09 bits per heavy atom. The highest BCUT2D eigenvalue weighted by atomic mass is 16.8. The van der Waals surface area contributed by atoms with Crippen LogP contribution in [0.5, 0.6) is 0 Å². The average molecular weight is 320 g/mol. The quantitative estimate of drug-likeness (QED) is 0.674. The van der Waals surface area contributed by atoms with Crippen LogP contribution in [0.2, 0.25) is 0 Å². The molecule has 0 unspecified atom stereocenters. The summed E-state index contributed by atoms with van der Waals surface area (Å²) < 4.78 is 27.1. The molecule has 0 radical (unpaired) electrons. The number of fused-ring (bicyclic) bond motifs is 1. The molecular weight excluding hydrogens is 296 g/mol. The fourth-order valence-corrected chi connectivity index (χ4v) is 3.09. The summed E-state index contributed by atoms with van der Waals surface area (Å²) in [5.74, 6) is -3.32. The van der Waals surface area contributed by atoms with Gasteiger partial charge in [-0.1, -0.05) is 0 Å². The molecule has 0 aromatic heterocycles. The molecule has 1 saturated carbocycles. The molecule has 2 fully saturated rings. The second-order valence-electron chi connectivity index (χ2n) is 6.04. The molecule has 1 aliphatic carbocycles. The first kappa shape index (κ1) is 17.6. The predicted molar refractivity (Wildman–Crippen MR) is 72.8 cm³/mol. The first-order valence-electron chi connectivity index (χ1n) is 7.09. The van der Waals surface area contributed by atoms with Gasteiger partial charge in [0.15, 0.2) is 5.60 Å². The third kappa shape index (κ3) is 2.53. The molecule has 8 heteroatoms. The summed E-state index contributed by atoms with van der Waals surface area (Å²) in [5, 5.41) is 20.7. The lowest BCUT2D eigenvalue weighted by Gasteiger charge is -2.55. The molecule has 0 aromatic rings. The monoisotopic (exact) mass is 320 g/mol. The van der Waals surface area contributed by atoms with Gasteiger partial charge in [-0.2, -0.15) is 0 Å². The van der Waals surface area contributed by atoms with Gasteiger partial charge in [-0.3, -0.25) is 0 Å². The summed E-state index contributed by atoms with van der Waals surface area (Å²) in [7, 11) is 4.06. The molecule has 22 heavy (non-hydrogen) atoms. The summed E-state index contributed by atoms with van der Waals surface area (Å²) in [6.45, 7) is 3.27. The molecule has 1 saturated heterocycles. The van der Waals surface area contributed by atoms with Crippen molar-refractivity contribution in [2.75, 3.05) is 21.3 Å². The molecule has 1 heterocycles. The van der Waals surface area contributed by atoms with Crippen molar-refractivity contribution in [2.24, 2.45) is 0 Å². The maximum atomic E-state index is 11.8. The van der Waals surface area contributed by atoms with E-state index in [4.69, 9.17) is 18.9 Å². The smallest absolute Gasteiger partial charge is 0.338 e. The van der Waals surface area contributed by atoms with Crippen molar-refractivity contribution in [1.29, 1.82) is 0 Å². The molecular formula is C14H24O8. The number of ether oxygens (including phenoxy) is 5. The van der Waals surface area contributed by atoms with Gasteiger partial charge in [-0.25, -0.2) is 4.79 Å². The van der Waals surface area contributed by atoms with E-state index < -0.39 is 41.5 Å². The molecule has 1 aliphatic heterocycles. The van der Waals surface area contributed by atoms with E-state index in [1.807, 2.05) is 0 Å². The maximum absolute atomic E-state index is 11.8. The van der Waals surface area contributed by atoms with Gasteiger partial charge in [-0.05, 0) is 13.8 Å². The minimum Gasteiger partial charge on any atom is -0.467 e. The molecule has 6 atom stereocenters. The van der Waals surface area contributed by atoms with Crippen LogP contribution < -0.4 is 0 Å². The summed E-state index contributed by atoms with van der Waals surface area (Å²) in [6.07, 6.45) is -2.88. The van der Waals surface area contributed by atoms with Crippen LogP contribution in [0.4, 0.5) is 0 Å². The average Bonchev–Trinajstić information content (AvgIpc) is 2.48. The van der Waals surface area contributed by atoms with Crippen LogP contribution in [0.3, 0.4) is 0 Å². The highest BCUT2D eigenvalue weighted by Crippen LogP contribution is 2.45. The minimum atomic E-state index is -1.83. The lowest BCUT2D eigenvalue weighted by molar-refractivity contribution is -0.460. The summed E-state index contributed by atoms with van der Waals surface area (Å²) in [6, 6.07) is 0. The standard InChI is InChI=1S/C14H24O8/c1-12(19-4)13(2,20-5)22-10-8(15)6-14(17,11(16)18-3)7-9(10)21-12/h8-10,15,17H,6-7H2,1-5H3/t8-,9+,10+,12-,13-,14-/m0/s1. The number of methoxy groups -OCH3 is 3. The zero-order valence-electron chi connectivity index (χ0n) is 13.5. The van der Waals surface area contributed by atoms with Crippen LogP contribution in [-0.2, 0) is 28.5 Å². The molecule has 0 bridgehead atoms. The molecule has 128 valence electrons. The fraction of sp³-hybridized carbons (Fsp3) is 0.929. The van der Waals surface area contributed by atoms with Gasteiger partial charge in [0.25, 0.3) is 0 Å². The van der Waals surface area contributed by atoms with Crippen LogP contribution in [0.15, 0.2) is 0 Å². The van der Waals surface area contributed by atoms with E-state index >= 15 is 0 Å². The number of hydrogen-bond acceptors (Lipinski definition) is 8. The van der Waals surface area contributed by atoms with Gasteiger partial charge in [0.2, 0.25) is 11.6 Å². The van der Waals surface area contributed by atoms with Gasteiger partial charge in [0.05, 0.1) is 19.3 Å². The molecule has 8 nitrogen and oxygen atoms in total. The van der Waals surface area contributed by atoms with Crippen molar-refractivity contribution >= 4 is 5.97 Å². The van der Waals surface area contributed by atoms with Crippen molar-refractivity contribution < 1.29 is 38.7 Å². The van der Waals surface area contributed by atoms with Crippen LogP contribution in [0, 0.1) is 0 Å². The van der Waals surface area contributed by atoms with Gasteiger partial charge in [0, 0.05) is 27.1 Å². The molecule has 2 N–H and O–H groups in total. The van der Waals surface area contributed by atoms with Crippen molar-refractivity contribution in [1.82, 2.24) is 0 Å². The Labute approximate surface area is 129 Å².